The van der Waals surface area contributed by atoms with Gasteiger partial charge in [-0.25, -0.2) is 4.98 Å². The van der Waals surface area contributed by atoms with Crippen molar-refractivity contribution in [2.45, 2.75) is 26.2 Å². The molecule has 162 valence electrons. The Morgan fingerprint density at radius 1 is 1.03 bits per heavy atom. The minimum absolute atomic E-state index is 0.0301. The Kier molecular flexibility index (Phi) is 6.92. The van der Waals surface area contributed by atoms with Gasteiger partial charge in [0, 0.05) is 16.5 Å². The summed E-state index contributed by atoms with van der Waals surface area (Å²) in [5.41, 5.74) is 3.39. The van der Waals surface area contributed by atoms with E-state index in [0.717, 1.165) is 16.8 Å². The maximum Gasteiger partial charge on any atom is 0.257 e. The molecular weight excluding hydrogens is 430 g/mol. The van der Waals surface area contributed by atoms with Crippen molar-refractivity contribution in [3.8, 4) is 22.8 Å². The third-order valence-electron chi connectivity index (χ3n) is 4.64. The van der Waals surface area contributed by atoms with Crippen molar-refractivity contribution in [2.75, 3.05) is 19.5 Å². The van der Waals surface area contributed by atoms with Gasteiger partial charge in [-0.3, -0.25) is 10.1 Å². The smallest absolute Gasteiger partial charge is 0.257 e. The van der Waals surface area contributed by atoms with Crippen molar-refractivity contribution in [3.05, 3.63) is 59.0 Å². The lowest BCUT2D eigenvalue weighted by Crippen LogP contribution is -2.34. The Morgan fingerprint density at radius 3 is 2.32 bits per heavy atom. The largest absolute Gasteiger partial charge is 0.493 e. The average Bonchev–Trinajstić information content (AvgIpc) is 3.20. The predicted octanol–water partition coefficient (Wildman–Crippen LogP) is 5.25. The number of hydrogen-bond donors (Lipinski definition) is 2. The molecule has 0 aliphatic carbocycles. The van der Waals surface area contributed by atoms with Crippen LogP contribution in [0, 0.1) is 0 Å². The van der Waals surface area contributed by atoms with Crippen LogP contribution in [0.1, 0.15) is 36.7 Å². The fourth-order valence-corrected chi connectivity index (χ4v) is 3.86. The molecule has 8 heteroatoms. The molecule has 0 fully saturated rings. The van der Waals surface area contributed by atoms with Crippen LogP contribution < -0.4 is 20.1 Å². The van der Waals surface area contributed by atoms with Gasteiger partial charge < -0.3 is 14.8 Å². The normalized spacial score (nSPS) is 11.0. The van der Waals surface area contributed by atoms with E-state index in [1.807, 2.05) is 35.7 Å². The highest BCUT2D eigenvalue weighted by Crippen LogP contribution is 2.33. The molecule has 1 aromatic heterocycles. The quantitative estimate of drug-likeness (QED) is 0.512. The zero-order valence-corrected chi connectivity index (χ0v) is 19.7. The lowest BCUT2D eigenvalue weighted by Gasteiger charge is -2.19. The standard InChI is InChI=1S/C23H25N3O3S2/c1-23(2,3)16-9-6-14(7-10-16)20(27)25-21(30)26-22-24-17(13-31-22)15-8-11-18(28-4)19(12-15)29-5/h6-13H,1-5H3,(H2,24,25,26,27,30). The van der Waals surface area contributed by atoms with Gasteiger partial charge in [0.2, 0.25) is 0 Å². The molecule has 3 aromatic rings. The number of methoxy groups -OCH3 is 2. The van der Waals surface area contributed by atoms with Crippen LogP contribution in [-0.2, 0) is 5.41 Å². The third kappa shape index (κ3) is 5.59. The van der Waals surface area contributed by atoms with Crippen molar-refractivity contribution in [2.24, 2.45) is 0 Å². The van der Waals surface area contributed by atoms with Gasteiger partial charge in [-0.15, -0.1) is 11.3 Å². The lowest BCUT2D eigenvalue weighted by atomic mass is 9.87. The summed E-state index contributed by atoms with van der Waals surface area (Å²) in [5.74, 6) is 1.01. The Bertz CT molecular complexity index is 1090. The van der Waals surface area contributed by atoms with Gasteiger partial charge in [-0.2, -0.15) is 0 Å². The molecule has 31 heavy (non-hydrogen) atoms. The molecule has 6 nitrogen and oxygen atoms in total. The fraction of sp³-hybridized carbons (Fsp3) is 0.261. The molecule has 0 saturated carbocycles. The van der Waals surface area contributed by atoms with Crippen LogP contribution in [0.5, 0.6) is 11.5 Å². The van der Waals surface area contributed by atoms with Crippen LogP contribution in [0.25, 0.3) is 11.3 Å². The Balaban J connectivity index is 1.64. The highest BCUT2D eigenvalue weighted by molar-refractivity contribution is 7.80. The summed E-state index contributed by atoms with van der Waals surface area (Å²) >= 11 is 6.67. The number of carbonyl (C=O) groups excluding carboxylic acids is 1. The SMILES string of the molecule is COc1ccc(-c2csc(NC(=S)NC(=O)c3ccc(C(C)(C)C)cc3)n2)cc1OC. The number of nitrogens with one attached hydrogen (secondary N) is 2. The van der Waals surface area contributed by atoms with Crippen LogP contribution in [0.3, 0.4) is 0 Å². The van der Waals surface area contributed by atoms with Gasteiger partial charge in [0.15, 0.2) is 21.7 Å². The Hall–Kier alpha value is -2.97. The molecule has 0 aliphatic rings. The number of amides is 1. The second-order valence-electron chi connectivity index (χ2n) is 7.84. The number of thiazole rings is 1. The van der Waals surface area contributed by atoms with Crippen LogP contribution >= 0.6 is 23.6 Å². The molecule has 2 N–H and O–H groups in total. The summed E-state index contributed by atoms with van der Waals surface area (Å²) in [7, 11) is 3.18. The van der Waals surface area contributed by atoms with Gasteiger partial charge in [0.25, 0.3) is 5.91 Å². The summed E-state index contributed by atoms with van der Waals surface area (Å²) in [5, 5.41) is 8.34. The maximum absolute atomic E-state index is 12.5. The van der Waals surface area contributed by atoms with Crippen LogP contribution in [-0.4, -0.2) is 30.2 Å². The van der Waals surface area contributed by atoms with Crippen molar-refractivity contribution in [1.29, 1.82) is 0 Å². The van der Waals surface area contributed by atoms with E-state index in [9.17, 15) is 4.79 Å². The number of anilines is 1. The van der Waals surface area contributed by atoms with E-state index in [1.165, 1.54) is 11.3 Å². The first-order valence-corrected chi connectivity index (χ1v) is 10.9. The third-order valence-corrected chi connectivity index (χ3v) is 5.61. The van der Waals surface area contributed by atoms with Gasteiger partial charge in [-0.1, -0.05) is 32.9 Å². The number of thiocarbonyl (C=S) groups is 1. The number of carbonyl (C=O) groups is 1. The maximum atomic E-state index is 12.5. The van der Waals surface area contributed by atoms with Crippen LogP contribution in [0.4, 0.5) is 5.13 Å². The summed E-state index contributed by atoms with van der Waals surface area (Å²) in [6.45, 7) is 6.39. The fourth-order valence-electron chi connectivity index (χ4n) is 2.88. The van der Waals surface area contributed by atoms with Gasteiger partial charge in [0.1, 0.15) is 0 Å². The molecule has 2 aromatic carbocycles. The van der Waals surface area contributed by atoms with Crippen molar-refractivity contribution < 1.29 is 14.3 Å². The Morgan fingerprint density at radius 2 is 1.71 bits per heavy atom. The first-order chi connectivity index (χ1) is 14.7. The molecule has 0 radical (unpaired) electrons. The number of aromatic nitrogens is 1. The van der Waals surface area contributed by atoms with E-state index in [-0.39, 0.29) is 16.4 Å². The lowest BCUT2D eigenvalue weighted by molar-refractivity contribution is 0.0977. The van der Waals surface area contributed by atoms with Gasteiger partial charge in [-0.05, 0) is 53.5 Å². The van der Waals surface area contributed by atoms with Crippen molar-refractivity contribution in [3.63, 3.8) is 0 Å². The van der Waals surface area contributed by atoms with E-state index in [0.29, 0.717) is 22.2 Å². The van der Waals surface area contributed by atoms with E-state index >= 15 is 0 Å². The number of ether oxygens (including phenoxy) is 2. The Labute approximate surface area is 191 Å². The predicted molar refractivity (Wildman–Crippen MR) is 129 cm³/mol. The second-order valence-corrected chi connectivity index (χ2v) is 9.11. The highest BCUT2D eigenvalue weighted by atomic mass is 32.1. The molecular formula is C23H25N3O3S2. The van der Waals surface area contributed by atoms with E-state index in [1.54, 1.807) is 26.4 Å². The number of rotatable bonds is 5. The number of nitrogens with zero attached hydrogens (tertiary/aromatic N) is 1. The molecule has 0 atom stereocenters. The zero-order chi connectivity index (χ0) is 22.6. The molecule has 1 heterocycles. The molecule has 1 amide bonds. The number of benzene rings is 2. The minimum atomic E-state index is -0.269. The molecule has 0 aliphatic heterocycles. The highest BCUT2D eigenvalue weighted by Gasteiger charge is 2.15. The van der Waals surface area contributed by atoms with E-state index in [2.05, 4.69) is 36.4 Å². The van der Waals surface area contributed by atoms with Gasteiger partial charge >= 0.3 is 0 Å². The zero-order valence-electron chi connectivity index (χ0n) is 18.1. The second kappa shape index (κ2) is 9.45. The monoisotopic (exact) mass is 455 g/mol. The van der Waals surface area contributed by atoms with Crippen molar-refractivity contribution in [1.82, 2.24) is 10.3 Å². The van der Waals surface area contributed by atoms with E-state index in [4.69, 9.17) is 21.7 Å². The molecule has 0 unspecified atom stereocenters. The topological polar surface area (TPSA) is 72.5 Å². The summed E-state index contributed by atoms with van der Waals surface area (Å²) in [6.07, 6.45) is 0. The molecule has 3 rings (SSSR count). The minimum Gasteiger partial charge on any atom is -0.493 e. The summed E-state index contributed by atoms with van der Waals surface area (Å²) in [6, 6.07) is 13.1. The summed E-state index contributed by atoms with van der Waals surface area (Å²) in [4.78, 5) is 17.0. The number of hydrogen-bond acceptors (Lipinski definition) is 6. The summed E-state index contributed by atoms with van der Waals surface area (Å²) < 4.78 is 10.6. The van der Waals surface area contributed by atoms with Crippen molar-refractivity contribution >= 4 is 39.7 Å². The molecule has 0 spiro atoms. The van der Waals surface area contributed by atoms with Gasteiger partial charge in [0.05, 0.1) is 19.9 Å². The van der Waals surface area contributed by atoms with Crippen LogP contribution in [0.2, 0.25) is 0 Å². The average molecular weight is 456 g/mol. The first kappa shape index (κ1) is 22.7. The molecule has 0 bridgehead atoms. The first-order valence-electron chi connectivity index (χ1n) is 9.62. The molecule has 0 saturated heterocycles. The van der Waals surface area contributed by atoms with Crippen LogP contribution in [0.15, 0.2) is 47.8 Å². The van der Waals surface area contributed by atoms with E-state index < -0.39 is 0 Å².